The molecule has 0 aromatic heterocycles. The van der Waals surface area contributed by atoms with Gasteiger partial charge in [-0.05, 0) is 0 Å². The first-order chi connectivity index (χ1) is 9.33. The van der Waals surface area contributed by atoms with Gasteiger partial charge < -0.3 is 23.2 Å². The number of nitrogens with zero attached hydrogens (tertiary/aromatic N) is 3. The molecule has 0 aliphatic rings. The predicted octanol–water partition coefficient (Wildman–Crippen LogP) is -0.602. The monoisotopic (exact) mass is 307 g/mol. The number of hydrogen-bond donors (Lipinski definition) is 0. The minimum atomic E-state index is -4.38. The van der Waals surface area contributed by atoms with E-state index in [1.54, 1.807) is 6.26 Å². The van der Waals surface area contributed by atoms with Crippen LogP contribution in [-0.4, -0.2) is 64.1 Å². The largest absolute Gasteiger partial charge is 0.756 e. The summed E-state index contributed by atoms with van der Waals surface area (Å²) in [4.78, 5) is 24.2. The van der Waals surface area contributed by atoms with Gasteiger partial charge in [0.05, 0.1) is 27.2 Å². The first-order valence-corrected chi connectivity index (χ1v) is 7.26. The number of isocyanates is 1. The zero-order chi connectivity index (χ0) is 15.5. The van der Waals surface area contributed by atoms with E-state index in [9.17, 15) is 14.3 Å². The molecule has 0 aromatic carbocycles. The van der Waals surface area contributed by atoms with E-state index in [1.807, 2.05) is 14.1 Å². The third-order valence-electron chi connectivity index (χ3n) is 2.33. The topological polar surface area (TPSA) is 121 Å². The SMILES string of the molecule is C[N+](C)(CCOC#N)CCOP(=O)([O-])OCCN=C=O. The van der Waals surface area contributed by atoms with Crippen molar-refractivity contribution in [3.05, 3.63) is 0 Å². The molecule has 0 aliphatic carbocycles. The fraction of sp³-hybridized carbons (Fsp3) is 0.800. The van der Waals surface area contributed by atoms with Crippen molar-refractivity contribution in [3.8, 4) is 6.26 Å². The first kappa shape index (κ1) is 18.7. The Kier molecular flexibility index (Phi) is 9.01. The molecule has 0 spiro atoms. The van der Waals surface area contributed by atoms with Crippen molar-refractivity contribution in [2.45, 2.75) is 0 Å². The van der Waals surface area contributed by atoms with E-state index in [2.05, 4.69) is 18.8 Å². The summed E-state index contributed by atoms with van der Waals surface area (Å²) >= 11 is 0. The van der Waals surface area contributed by atoms with Crippen molar-refractivity contribution in [2.24, 2.45) is 4.99 Å². The lowest BCUT2D eigenvalue weighted by molar-refractivity contribution is -0.890. The summed E-state index contributed by atoms with van der Waals surface area (Å²) in [6, 6.07) is 0. The van der Waals surface area contributed by atoms with Crippen LogP contribution in [0.1, 0.15) is 0 Å². The molecule has 1 unspecified atom stereocenters. The number of nitriles is 1. The number of quaternary nitrogens is 1. The second kappa shape index (κ2) is 9.61. The van der Waals surface area contributed by atoms with Crippen LogP contribution < -0.4 is 4.89 Å². The highest BCUT2D eigenvalue weighted by molar-refractivity contribution is 7.45. The predicted molar refractivity (Wildman–Crippen MR) is 65.9 cm³/mol. The molecule has 0 rings (SSSR count). The normalized spacial score (nSPS) is 13.9. The summed E-state index contributed by atoms with van der Waals surface area (Å²) in [7, 11) is -0.690. The Hall–Kier alpha value is -1.26. The maximum absolute atomic E-state index is 11.3. The Morgan fingerprint density at radius 2 is 1.85 bits per heavy atom. The Morgan fingerprint density at radius 3 is 2.45 bits per heavy atom. The molecule has 0 aliphatic heterocycles. The van der Waals surface area contributed by atoms with Gasteiger partial charge in [-0.25, -0.2) is 9.79 Å². The summed E-state index contributed by atoms with van der Waals surface area (Å²) < 4.78 is 25.4. The molecule has 0 aromatic rings. The lowest BCUT2D eigenvalue weighted by Gasteiger charge is -2.30. The van der Waals surface area contributed by atoms with Gasteiger partial charge >= 0.3 is 0 Å². The molecule has 0 fully saturated rings. The molecule has 9 nitrogen and oxygen atoms in total. The molecule has 0 amide bonds. The zero-order valence-corrected chi connectivity index (χ0v) is 12.4. The Labute approximate surface area is 117 Å². The van der Waals surface area contributed by atoms with Gasteiger partial charge in [-0.3, -0.25) is 4.57 Å². The Bertz CT molecular complexity index is 416. The standard InChI is InChI=1S/C10H18N3O6P/c1-13(2,4-7-17-9-11)5-8-19-20(15,16)18-6-3-12-10-14/h3-8H2,1-2H3. The van der Waals surface area contributed by atoms with Crippen molar-refractivity contribution in [1.29, 1.82) is 5.26 Å². The van der Waals surface area contributed by atoms with E-state index in [4.69, 9.17) is 5.26 Å². The number of phosphoric ester groups is 1. The maximum Gasteiger partial charge on any atom is 0.286 e. The van der Waals surface area contributed by atoms with Gasteiger partial charge in [-0.15, -0.1) is 0 Å². The van der Waals surface area contributed by atoms with E-state index in [0.717, 1.165) is 0 Å². The van der Waals surface area contributed by atoms with Crippen LogP contribution in [0.3, 0.4) is 0 Å². The van der Waals surface area contributed by atoms with Gasteiger partial charge in [0.2, 0.25) is 6.08 Å². The van der Waals surface area contributed by atoms with Crippen LogP contribution in [0.4, 0.5) is 0 Å². The lowest BCUT2D eigenvalue weighted by Crippen LogP contribution is -2.44. The summed E-state index contributed by atoms with van der Waals surface area (Å²) in [5.41, 5.74) is 0. The molecule has 1 atom stereocenters. The number of aliphatic imine (C=N–C) groups is 1. The lowest BCUT2D eigenvalue weighted by atomic mass is 10.4. The highest BCUT2D eigenvalue weighted by atomic mass is 31.2. The highest BCUT2D eigenvalue weighted by Crippen LogP contribution is 2.37. The second-order valence-corrected chi connectivity index (χ2v) is 5.82. The van der Waals surface area contributed by atoms with E-state index >= 15 is 0 Å². The first-order valence-electron chi connectivity index (χ1n) is 5.79. The van der Waals surface area contributed by atoms with Gasteiger partial charge in [0, 0.05) is 0 Å². The molecule has 0 saturated heterocycles. The number of likely N-dealkylation sites (N-methyl/N-ethyl adjacent to an activating group) is 1. The van der Waals surface area contributed by atoms with E-state index < -0.39 is 7.82 Å². The number of hydrogen-bond acceptors (Lipinski definition) is 8. The van der Waals surface area contributed by atoms with Gasteiger partial charge in [-0.2, -0.15) is 5.26 Å². The van der Waals surface area contributed by atoms with E-state index in [-0.39, 0.29) is 26.4 Å². The van der Waals surface area contributed by atoms with Gasteiger partial charge in [0.1, 0.15) is 19.7 Å². The average molecular weight is 307 g/mol. The van der Waals surface area contributed by atoms with Crippen molar-refractivity contribution in [2.75, 3.05) is 53.6 Å². The molecule has 0 saturated carbocycles. The van der Waals surface area contributed by atoms with Crippen LogP contribution >= 0.6 is 7.82 Å². The van der Waals surface area contributed by atoms with Crippen molar-refractivity contribution >= 4 is 13.9 Å². The van der Waals surface area contributed by atoms with E-state index in [0.29, 0.717) is 17.6 Å². The Balaban J connectivity index is 3.93. The molecule has 0 N–H and O–H groups in total. The number of rotatable bonds is 11. The highest BCUT2D eigenvalue weighted by Gasteiger charge is 2.17. The van der Waals surface area contributed by atoms with Crippen molar-refractivity contribution in [3.63, 3.8) is 0 Å². The molecular formula is C10H18N3O6P. The molecular weight excluding hydrogens is 289 g/mol. The maximum atomic E-state index is 11.3. The van der Waals surface area contributed by atoms with Gasteiger partial charge in [0.25, 0.3) is 14.1 Å². The molecule has 0 radical (unpaired) electrons. The second-order valence-electron chi connectivity index (χ2n) is 4.41. The molecule has 0 heterocycles. The fourth-order valence-electron chi connectivity index (χ4n) is 1.13. The summed E-state index contributed by atoms with van der Waals surface area (Å²) in [6.45, 7) is 0.776. The van der Waals surface area contributed by atoms with Gasteiger partial charge in [0.15, 0.2) is 6.61 Å². The number of phosphoric acid groups is 1. The zero-order valence-electron chi connectivity index (χ0n) is 11.5. The average Bonchev–Trinajstić information content (AvgIpc) is 2.34. The molecule has 114 valence electrons. The summed E-state index contributed by atoms with van der Waals surface area (Å²) in [6.07, 6.45) is 2.83. The quantitative estimate of drug-likeness (QED) is 0.125. The third kappa shape index (κ3) is 10.6. The number of ether oxygens (including phenoxy) is 1. The molecule has 10 heteroatoms. The summed E-state index contributed by atoms with van der Waals surface area (Å²) in [5, 5.41) is 8.24. The van der Waals surface area contributed by atoms with Crippen molar-refractivity contribution in [1.82, 2.24) is 0 Å². The van der Waals surface area contributed by atoms with Crippen LogP contribution in [-0.2, 0) is 23.1 Å². The molecule has 0 bridgehead atoms. The van der Waals surface area contributed by atoms with Crippen LogP contribution in [0.15, 0.2) is 4.99 Å². The van der Waals surface area contributed by atoms with Crippen LogP contribution in [0, 0.1) is 11.5 Å². The van der Waals surface area contributed by atoms with E-state index in [1.165, 1.54) is 6.08 Å². The minimum absolute atomic E-state index is 0.0583. The molecule has 20 heavy (non-hydrogen) atoms. The van der Waals surface area contributed by atoms with Crippen LogP contribution in [0.5, 0.6) is 0 Å². The van der Waals surface area contributed by atoms with Gasteiger partial charge in [-0.1, -0.05) is 0 Å². The number of carbonyl (C=O) groups excluding carboxylic acids is 1. The van der Waals surface area contributed by atoms with Crippen LogP contribution in [0.25, 0.3) is 0 Å². The van der Waals surface area contributed by atoms with Crippen molar-refractivity contribution < 1.29 is 32.5 Å². The minimum Gasteiger partial charge on any atom is -0.756 e. The smallest absolute Gasteiger partial charge is 0.286 e. The van der Waals surface area contributed by atoms with Crippen LogP contribution in [0.2, 0.25) is 0 Å². The third-order valence-corrected chi connectivity index (χ3v) is 3.32. The Morgan fingerprint density at radius 1 is 1.25 bits per heavy atom. The summed E-state index contributed by atoms with van der Waals surface area (Å²) in [5.74, 6) is 0. The fourth-order valence-corrected chi connectivity index (χ4v) is 1.82.